The molecule has 1 unspecified atom stereocenters. The van der Waals surface area contributed by atoms with E-state index in [9.17, 15) is 0 Å². The summed E-state index contributed by atoms with van der Waals surface area (Å²) in [5, 5.41) is 0.673. The highest BCUT2D eigenvalue weighted by molar-refractivity contribution is 8.00. The zero-order valence-corrected chi connectivity index (χ0v) is 8.04. The van der Waals surface area contributed by atoms with E-state index in [1.807, 2.05) is 11.8 Å². The van der Waals surface area contributed by atoms with Crippen LogP contribution in [-0.2, 0) is 0 Å². The van der Waals surface area contributed by atoms with Gasteiger partial charge in [-0.3, -0.25) is 0 Å². The van der Waals surface area contributed by atoms with Crippen molar-refractivity contribution >= 4 is 11.8 Å². The molecule has 0 saturated carbocycles. The van der Waals surface area contributed by atoms with E-state index in [4.69, 9.17) is 0 Å². The van der Waals surface area contributed by atoms with Crippen LogP contribution in [0.1, 0.15) is 39.0 Å². The highest BCUT2D eigenvalue weighted by atomic mass is 32.2. The number of unbranched alkanes of at least 4 members (excludes halogenated alkanes) is 2. The molecule has 1 heteroatoms. The van der Waals surface area contributed by atoms with E-state index in [0.717, 1.165) is 6.42 Å². The van der Waals surface area contributed by atoms with Crippen LogP contribution in [0, 0.1) is 11.8 Å². The Kier molecular flexibility index (Phi) is 4.54. The van der Waals surface area contributed by atoms with Crippen LogP contribution in [0.4, 0.5) is 0 Å². The van der Waals surface area contributed by atoms with Gasteiger partial charge in [0.25, 0.3) is 0 Å². The van der Waals surface area contributed by atoms with E-state index in [1.165, 1.54) is 31.4 Å². The average Bonchev–Trinajstić information content (AvgIpc) is 2.50. The molecule has 11 heavy (non-hydrogen) atoms. The summed E-state index contributed by atoms with van der Waals surface area (Å²) < 4.78 is 0. The van der Waals surface area contributed by atoms with Gasteiger partial charge in [0, 0.05) is 6.42 Å². The van der Waals surface area contributed by atoms with Crippen molar-refractivity contribution < 1.29 is 0 Å². The van der Waals surface area contributed by atoms with Crippen molar-refractivity contribution in [2.75, 3.05) is 5.75 Å². The second kappa shape index (κ2) is 5.55. The van der Waals surface area contributed by atoms with E-state index in [-0.39, 0.29) is 0 Å². The van der Waals surface area contributed by atoms with Crippen LogP contribution in [0.25, 0.3) is 0 Å². The number of thioether (sulfide) groups is 1. The third kappa shape index (κ3) is 3.72. The Balaban J connectivity index is 2.09. The molecule has 0 aromatic carbocycles. The first-order valence-electron chi connectivity index (χ1n) is 4.53. The van der Waals surface area contributed by atoms with Crippen LogP contribution in [0.3, 0.4) is 0 Å². The monoisotopic (exact) mass is 168 g/mol. The van der Waals surface area contributed by atoms with Gasteiger partial charge < -0.3 is 0 Å². The second-order valence-electron chi connectivity index (χ2n) is 2.93. The van der Waals surface area contributed by atoms with Crippen molar-refractivity contribution in [3.8, 4) is 11.8 Å². The Labute approximate surface area is 74.1 Å². The number of rotatable bonds is 2. The summed E-state index contributed by atoms with van der Waals surface area (Å²) >= 11 is 2.03. The standard InChI is InChI=1S/C10H16S/c1-2-3-4-5-7-10-8-6-9-11-10/h10H,2-4,6,8-9H2,1H3. The summed E-state index contributed by atoms with van der Waals surface area (Å²) in [6.07, 6.45) is 6.34. The van der Waals surface area contributed by atoms with Crippen LogP contribution in [0.15, 0.2) is 0 Å². The molecule has 0 aromatic heterocycles. The molecule has 0 bridgehead atoms. The van der Waals surface area contributed by atoms with Crippen molar-refractivity contribution in [1.82, 2.24) is 0 Å². The van der Waals surface area contributed by atoms with Gasteiger partial charge in [-0.25, -0.2) is 0 Å². The van der Waals surface area contributed by atoms with Crippen molar-refractivity contribution in [3.63, 3.8) is 0 Å². The largest absolute Gasteiger partial charge is 0.145 e. The summed E-state index contributed by atoms with van der Waals surface area (Å²) in [5.41, 5.74) is 0. The molecule has 0 amide bonds. The minimum absolute atomic E-state index is 0.673. The summed E-state index contributed by atoms with van der Waals surface area (Å²) in [5.74, 6) is 7.91. The lowest BCUT2D eigenvalue weighted by atomic mass is 10.2. The minimum Gasteiger partial charge on any atom is -0.145 e. The van der Waals surface area contributed by atoms with Gasteiger partial charge in [0.2, 0.25) is 0 Å². The van der Waals surface area contributed by atoms with Crippen LogP contribution in [0.5, 0.6) is 0 Å². The van der Waals surface area contributed by atoms with E-state index in [0.29, 0.717) is 5.25 Å². The maximum atomic E-state index is 3.33. The summed E-state index contributed by atoms with van der Waals surface area (Å²) in [6, 6.07) is 0. The molecule has 0 aromatic rings. The van der Waals surface area contributed by atoms with Gasteiger partial charge in [-0.15, -0.1) is 17.7 Å². The quantitative estimate of drug-likeness (QED) is 0.451. The van der Waals surface area contributed by atoms with Crippen molar-refractivity contribution in [3.05, 3.63) is 0 Å². The lowest BCUT2D eigenvalue weighted by Crippen LogP contribution is -1.89. The van der Waals surface area contributed by atoms with Gasteiger partial charge in [-0.05, 0) is 25.0 Å². The molecule has 1 saturated heterocycles. The fourth-order valence-electron chi connectivity index (χ4n) is 1.14. The third-order valence-electron chi connectivity index (χ3n) is 1.85. The van der Waals surface area contributed by atoms with Gasteiger partial charge >= 0.3 is 0 Å². The minimum atomic E-state index is 0.673. The molecule has 0 spiro atoms. The summed E-state index contributed by atoms with van der Waals surface area (Å²) in [7, 11) is 0. The normalized spacial score (nSPS) is 22.8. The molecule has 1 fully saturated rings. The molecule has 1 heterocycles. The molecule has 0 radical (unpaired) electrons. The lowest BCUT2D eigenvalue weighted by Gasteiger charge is -1.94. The maximum absolute atomic E-state index is 3.33. The highest BCUT2D eigenvalue weighted by Crippen LogP contribution is 2.25. The molecule has 1 aliphatic rings. The maximum Gasteiger partial charge on any atom is 0.0657 e. The average molecular weight is 168 g/mol. The first-order valence-corrected chi connectivity index (χ1v) is 5.58. The molecule has 1 atom stereocenters. The van der Waals surface area contributed by atoms with E-state index in [1.54, 1.807) is 0 Å². The fourth-order valence-corrected chi connectivity index (χ4v) is 2.26. The topological polar surface area (TPSA) is 0 Å². The fraction of sp³-hybridized carbons (Fsp3) is 0.800. The summed E-state index contributed by atoms with van der Waals surface area (Å²) in [4.78, 5) is 0. The van der Waals surface area contributed by atoms with Gasteiger partial charge in [-0.1, -0.05) is 19.3 Å². The molecule has 1 rings (SSSR count). The lowest BCUT2D eigenvalue weighted by molar-refractivity contribution is 0.826. The van der Waals surface area contributed by atoms with Crippen LogP contribution in [-0.4, -0.2) is 11.0 Å². The number of hydrogen-bond acceptors (Lipinski definition) is 1. The Hall–Kier alpha value is -0.0900. The smallest absolute Gasteiger partial charge is 0.0657 e. The first kappa shape index (κ1) is 9.00. The van der Waals surface area contributed by atoms with Gasteiger partial charge in [0.15, 0.2) is 0 Å². The highest BCUT2D eigenvalue weighted by Gasteiger charge is 2.11. The van der Waals surface area contributed by atoms with E-state index < -0.39 is 0 Å². The van der Waals surface area contributed by atoms with E-state index >= 15 is 0 Å². The summed E-state index contributed by atoms with van der Waals surface area (Å²) in [6.45, 7) is 2.21. The molecular formula is C10H16S. The Bertz CT molecular complexity index is 146. The first-order chi connectivity index (χ1) is 5.43. The van der Waals surface area contributed by atoms with Gasteiger partial charge in [-0.2, -0.15) is 0 Å². The zero-order valence-electron chi connectivity index (χ0n) is 7.23. The van der Waals surface area contributed by atoms with Crippen LogP contribution >= 0.6 is 11.8 Å². The second-order valence-corrected chi connectivity index (χ2v) is 4.24. The Morgan fingerprint density at radius 3 is 3.09 bits per heavy atom. The Morgan fingerprint density at radius 2 is 2.45 bits per heavy atom. The van der Waals surface area contributed by atoms with Crippen molar-refractivity contribution in [1.29, 1.82) is 0 Å². The van der Waals surface area contributed by atoms with Crippen molar-refractivity contribution in [2.24, 2.45) is 0 Å². The van der Waals surface area contributed by atoms with Crippen LogP contribution in [0.2, 0.25) is 0 Å². The molecule has 0 N–H and O–H groups in total. The van der Waals surface area contributed by atoms with Crippen molar-refractivity contribution in [2.45, 2.75) is 44.3 Å². The molecule has 0 aliphatic carbocycles. The SMILES string of the molecule is CCCCC#CC1CCCS1. The van der Waals surface area contributed by atoms with Gasteiger partial charge in [0.05, 0.1) is 5.25 Å². The number of hydrogen-bond donors (Lipinski definition) is 0. The molecule has 62 valence electrons. The third-order valence-corrected chi connectivity index (χ3v) is 3.13. The predicted molar refractivity (Wildman–Crippen MR) is 52.8 cm³/mol. The van der Waals surface area contributed by atoms with Gasteiger partial charge in [0.1, 0.15) is 0 Å². The van der Waals surface area contributed by atoms with E-state index in [2.05, 4.69) is 18.8 Å². The predicted octanol–water partition coefficient (Wildman–Crippen LogP) is 3.08. The molecular weight excluding hydrogens is 152 g/mol. The van der Waals surface area contributed by atoms with Crippen LogP contribution < -0.4 is 0 Å². The molecule has 1 aliphatic heterocycles. The Morgan fingerprint density at radius 1 is 1.55 bits per heavy atom. The molecule has 0 nitrogen and oxygen atoms in total. The zero-order chi connectivity index (χ0) is 7.94.